The number of para-hydroxylation sites is 2. The van der Waals surface area contributed by atoms with Crippen LogP contribution in [0.4, 0.5) is 13.2 Å². The molecule has 2 heterocycles. The Kier molecular flexibility index (Phi) is 4.30. The van der Waals surface area contributed by atoms with Crippen LogP contribution in [0.3, 0.4) is 0 Å². The van der Waals surface area contributed by atoms with Crippen molar-refractivity contribution in [2.24, 2.45) is 0 Å². The summed E-state index contributed by atoms with van der Waals surface area (Å²) in [5, 5.41) is 2.49. The highest BCUT2D eigenvalue weighted by Crippen LogP contribution is 2.26. The standard InChI is InChI=1S/C16H12F3N3O3/c17-16(18,19)14-15(24)22(12-6-2-1-5-11(12)21-14)9-13(23)20-8-10-4-3-7-25-10/h1-7H,8-9H2,(H,20,23). The normalized spacial score (nSPS) is 11.6. The fourth-order valence-corrected chi connectivity index (χ4v) is 2.33. The number of amides is 1. The molecule has 0 saturated carbocycles. The van der Waals surface area contributed by atoms with Crippen LogP contribution in [0.15, 0.2) is 51.9 Å². The monoisotopic (exact) mass is 351 g/mol. The molecule has 0 aliphatic heterocycles. The summed E-state index contributed by atoms with van der Waals surface area (Å²) in [5.41, 5.74) is -2.79. The van der Waals surface area contributed by atoms with Gasteiger partial charge in [-0.3, -0.25) is 14.2 Å². The molecular weight excluding hydrogens is 339 g/mol. The van der Waals surface area contributed by atoms with Crippen LogP contribution in [0.1, 0.15) is 11.5 Å². The van der Waals surface area contributed by atoms with Crippen LogP contribution >= 0.6 is 0 Å². The van der Waals surface area contributed by atoms with Crippen LogP contribution in [0.2, 0.25) is 0 Å². The first-order valence-electron chi connectivity index (χ1n) is 7.22. The zero-order valence-corrected chi connectivity index (χ0v) is 12.7. The molecule has 3 rings (SSSR count). The number of carbonyl (C=O) groups is 1. The minimum atomic E-state index is -4.91. The van der Waals surface area contributed by atoms with Gasteiger partial charge in [0.2, 0.25) is 11.6 Å². The lowest BCUT2D eigenvalue weighted by molar-refractivity contribution is -0.142. The summed E-state index contributed by atoms with van der Waals surface area (Å²) in [6, 6.07) is 9.11. The third-order valence-electron chi connectivity index (χ3n) is 3.46. The van der Waals surface area contributed by atoms with Crippen LogP contribution < -0.4 is 10.9 Å². The Hall–Kier alpha value is -3.10. The van der Waals surface area contributed by atoms with E-state index in [2.05, 4.69) is 10.3 Å². The van der Waals surface area contributed by atoms with E-state index in [4.69, 9.17) is 4.42 Å². The Morgan fingerprint density at radius 3 is 2.64 bits per heavy atom. The number of benzene rings is 1. The van der Waals surface area contributed by atoms with Gasteiger partial charge < -0.3 is 9.73 Å². The fourth-order valence-electron chi connectivity index (χ4n) is 2.33. The van der Waals surface area contributed by atoms with E-state index >= 15 is 0 Å². The van der Waals surface area contributed by atoms with Crippen LogP contribution in [0, 0.1) is 0 Å². The molecule has 6 nitrogen and oxygen atoms in total. The molecular formula is C16H12F3N3O3. The van der Waals surface area contributed by atoms with E-state index in [0.29, 0.717) is 5.76 Å². The third kappa shape index (κ3) is 3.54. The van der Waals surface area contributed by atoms with Crippen molar-refractivity contribution < 1.29 is 22.4 Å². The lowest BCUT2D eigenvalue weighted by Crippen LogP contribution is -2.36. The Bertz CT molecular complexity index is 962. The number of alkyl halides is 3. The van der Waals surface area contributed by atoms with Gasteiger partial charge in [0, 0.05) is 0 Å². The Morgan fingerprint density at radius 1 is 1.20 bits per heavy atom. The van der Waals surface area contributed by atoms with Crippen molar-refractivity contribution in [1.82, 2.24) is 14.9 Å². The summed E-state index contributed by atoms with van der Waals surface area (Å²) in [4.78, 5) is 27.6. The summed E-state index contributed by atoms with van der Waals surface area (Å²) in [7, 11) is 0. The summed E-state index contributed by atoms with van der Waals surface area (Å²) >= 11 is 0. The maximum Gasteiger partial charge on any atom is 0.438 e. The molecule has 9 heteroatoms. The number of halogens is 3. The molecule has 1 N–H and O–H groups in total. The largest absolute Gasteiger partial charge is 0.467 e. The molecule has 0 radical (unpaired) electrons. The quantitative estimate of drug-likeness (QED) is 0.783. The predicted octanol–water partition coefficient (Wildman–Crippen LogP) is 2.32. The van der Waals surface area contributed by atoms with Gasteiger partial charge in [0.25, 0.3) is 5.56 Å². The molecule has 0 aliphatic rings. The minimum absolute atomic E-state index is 0.0201. The van der Waals surface area contributed by atoms with Gasteiger partial charge in [-0.2, -0.15) is 13.2 Å². The van der Waals surface area contributed by atoms with Gasteiger partial charge in [-0.1, -0.05) is 12.1 Å². The van der Waals surface area contributed by atoms with E-state index in [1.54, 1.807) is 18.2 Å². The molecule has 0 spiro atoms. The number of furan rings is 1. The third-order valence-corrected chi connectivity index (χ3v) is 3.46. The molecule has 1 aromatic carbocycles. The van der Waals surface area contributed by atoms with E-state index in [-0.39, 0.29) is 17.6 Å². The molecule has 0 bridgehead atoms. The van der Waals surface area contributed by atoms with Gasteiger partial charge in [-0.05, 0) is 24.3 Å². The van der Waals surface area contributed by atoms with Gasteiger partial charge in [0.1, 0.15) is 12.3 Å². The van der Waals surface area contributed by atoms with Crippen LogP contribution in [0.25, 0.3) is 11.0 Å². The van der Waals surface area contributed by atoms with Gasteiger partial charge in [-0.15, -0.1) is 0 Å². The number of hydrogen-bond acceptors (Lipinski definition) is 4. The molecule has 130 valence electrons. The lowest BCUT2D eigenvalue weighted by Gasteiger charge is -2.13. The number of fused-ring (bicyclic) bond motifs is 1. The average molecular weight is 351 g/mol. The Labute approximate surface area is 138 Å². The molecule has 0 aliphatic carbocycles. The van der Waals surface area contributed by atoms with Crippen molar-refractivity contribution in [3.8, 4) is 0 Å². The summed E-state index contributed by atoms with van der Waals surface area (Å²) in [5.74, 6) is -0.140. The second-order valence-electron chi connectivity index (χ2n) is 5.19. The van der Waals surface area contributed by atoms with Gasteiger partial charge in [0.15, 0.2) is 0 Å². The first-order valence-corrected chi connectivity index (χ1v) is 7.22. The molecule has 0 unspecified atom stereocenters. The Balaban J connectivity index is 1.95. The second-order valence-corrected chi connectivity index (χ2v) is 5.19. The van der Waals surface area contributed by atoms with Crippen molar-refractivity contribution >= 4 is 16.9 Å². The SMILES string of the molecule is O=C(Cn1c(=O)c(C(F)(F)F)nc2ccccc21)NCc1ccco1. The number of rotatable bonds is 4. The molecule has 25 heavy (non-hydrogen) atoms. The van der Waals surface area contributed by atoms with Crippen molar-refractivity contribution in [2.75, 3.05) is 0 Å². The van der Waals surface area contributed by atoms with Gasteiger partial charge in [-0.25, -0.2) is 4.98 Å². The smallest absolute Gasteiger partial charge is 0.438 e. The molecule has 3 aromatic rings. The Morgan fingerprint density at radius 2 is 1.96 bits per heavy atom. The van der Waals surface area contributed by atoms with E-state index in [1.807, 2.05) is 0 Å². The number of nitrogens with zero attached hydrogens (tertiary/aromatic N) is 2. The number of carbonyl (C=O) groups excluding carboxylic acids is 1. The topological polar surface area (TPSA) is 77.1 Å². The number of nitrogens with one attached hydrogen (secondary N) is 1. The first-order chi connectivity index (χ1) is 11.9. The molecule has 2 aromatic heterocycles. The molecule has 0 atom stereocenters. The van der Waals surface area contributed by atoms with Crippen molar-refractivity contribution in [1.29, 1.82) is 0 Å². The number of hydrogen-bond donors (Lipinski definition) is 1. The van der Waals surface area contributed by atoms with E-state index in [1.165, 1.54) is 24.5 Å². The second kappa shape index (κ2) is 6.42. The highest BCUT2D eigenvalue weighted by molar-refractivity contribution is 5.80. The predicted molar refractivity (Wildman–Crippen MR) is 81.6 cm³/mol. The number of aromatic nitrogens is 2. The lowest BCUT2D eigenvalue weighted by atomic mass is 10.2. The zero-order valence-electron chi connectivity index (χ0n) is 12.7. The summed E-state index contributed by atoms with van der Waals surface area (Å²) in [6.07, 6.45) is -3.48. The minimum Gasteiger partial charge on any atom is -0.467 e. The van der Waals surface area contributed by atoms with E-state index in [9.17, 15) is 22.8 Å². The molecule has 1 amide bonds. The van der Waals surface area contributed by atoms with E-state index < -0.39 is 29.9 Å². The average Bonchev–Trinajstić information content (AvgIpc) is 3.08. The first kappa shape index (κ1) is 16.7. The fraction of sp³-hybridized carbons (Fsp3) is 0.188. The molecule has 0 saturated heterocycles. The van der Waals surface area contributed by atoms with E-state index in [0.717, 1.165) is 4.57 Å². The maximum atomic E-state index is 13.0. The van der Waals surface area contributed by atoms with Crippen LogP contribution in [0.5, 0.6) is 0 Å². The highest BCUT2D eigenvalue weighted by atomic mass is 19.4. The van der Waals surface area contributed by atoms with Crippen LogP contribution in [-0.4, -0.2) is 15.5 Å². The highest BCUT2D eigenvalue weighted by Gasteiger charge is 2.37. The van der Waals surface area contributed by atoms with Crippen molar-refractivity contribution in [2.45, 2.75) is 19.3 Å². The van der Waals surface area contributed by atoms with Gasteiger partial charge >= 0.3 is 6.18 Å². The zero-order chi connectivity index (χ0) is 18.0. The van der Waals surface area contributed by atoms with Crippen molar-refractivity contribution in [3.05, 3.63) is 64.5 Å². The van der Waals surface area contributed by atoms with Crippen LogP contribution in [-0.2, 0) is 24.1 Å². The summed E-state index contributed by atoms with van der Waals surface area (Å²) < 4.78 is 44.9. The van der Waals surface area contributed by atoms with Gasteiger partial charge in [0.05, 0.1) is 23.8 Å². The summed E-state index contributed by atoms with van der Waals surface area (Å²) in [6.45, 7) is -0.499. The van der Waals surface area contributed by atoms with Crippen molar-refractivity contribution in [3.63, 3.8) is 0 Å². The maximum absolute atomic E-state index is 13.0. The molecule has 0 fully saturated rings.